The molecule has 0 aliphatic carbocycles. The third-order valence-electron chi connectivity index (χ3n) is 9.24. The Bertz CT molecular complexity index is 3050. The highest BCUT2D eigenvalue weighted by Gasteiger charge is 2.23. The van der Waals surface area contributed by atoms with Crippen LogP contribution in [0.3, 0.4) is 0 Å². The number of fused-ring (bicyclic) bond motifs is 13. The molecule has 0 aliphatic rings. The van der Waals surface area contributed by atoms with Gasteiger partial charge in [-0.25, -0.2) is 9.97 Å². The topological polar surface area (TPSA) is 43.9 Å². The zero-order valence-electron chi connectivity index (χ0n) is 24.2. The van der Waals surface area contributed by atoms with E-state index in [2.05, 4.69) is 120 Å². The molecular weight excluding hydrogens is 603 g/mol. The van der Waals surface area contributed by atoms with E-state index in [9.17, 15) is 0 Å². The predicted octanol–water partition coefficient (Wildman–Crippen LogP) is 11.9. The Kier molecular flexibility index (Phi) is 4.84. The van der Waals surface area contributed by atoms with Crippen LogP contribution >= 0.6 is 22.7 Å². The molecule has 0 radical (unpaired) electrons. The summed E-state index contributed by atoms with van der Waals surface area (Å²) in [5.74, 6) is 0.657. The smallest absolute Gasteiger partial charge is 0.235 e. The van der Waals surface area contributed by atoms with Gasteiger partial charge in [0.1, 0.15) is 11.2 Å². The van der Waals surface area contributed by atoms with Crippen LogP contribution in [0.5, 0.6) is 0 Å². The number of hydrogen-bond donors (Lipinski definition) is 0. The summed E-state index contributed by atoms with van der Waals surface area (Å²) in [6.45, 7) is 0. The van der Waals surface area contributed by atoms with Crippen molar-refractivity contribution in [2.24, 2.45) is 0 Å². The lowest BCUT2D eigenvalue weighted by Crippen LogP contribution is -2.02. The summed E-state index contributed by atoms with van der Waals surface area (Å²) >= 11 is 3.59. The van der Waals surface area contributed by atoms with Crippen LogP contribution in [-0.2, 0) is 0 Å². The second-order valence-electron chi connectivity index (χ2n) is 11.7. The lowest BCUT2D eigenvalue weighted by atomic mass is 10.1. The largest absolute Gasteiger partial charge is 0.455 e. The Balaban J connectivity index is 1.31. The molecule has 5 aromatic heterocycles. The Morgan fingerprint density at radius 2 is 1.22 bits per heavy atom. The first-order valence-corrected chi connectivity index (χ1v) is 16.9. The van der Waals surface area contributed by atoms with Gasteiger partial charge >= 0.3 is 0 Å². The molecule has 0 unspecified atom stereocenters. The Morgan fingerprint density at radius 1 is 0.500 bits per heavy atom. The summed E-state index contributed by atoms with van der Waals surface area (Å²) in [6, 6.07) is 45.0. The molecule has 0 saturated carbocycles. The molecule has 0 aliphatic heterocycles. The SMILES string of the molecule is c1ccc2c(c1)oc1c(-c3nc(-n4c5ccccc5c5c6c(ccc54)sc4ccccc46)nc4c3sc3ccccc34)cccc12. The van der Waals surface area contributed by atoms with E-state index >= 15 is 0 Å². The van der Waals surface area contributed by atoms with Crippen molar-refractivity contribution in [3.05, 3.63) is 127 Å². The van der Waals surface area contributed by atoms with E-state index in [-0.39, 0.29) is 0 Å². The van der Waals surface area contributed by atoms with Gasteiger partial charge in [-0.1, -0.05) is 84.9 Å². The molecule has 0 saturated heterocycles. The standard InChI is InChI=1S/C40H21N3OS2/c1-5-16-28-24(11-1)34-29(20-21-33-35(34)25-12-3-7-18-31(25)45-33)43(28)40-41-36-26-13-4-8-19-32(26)46-39(36)37(42-40)27-15-9-14-23-22-10-2-6-17-30(22)44-38(23)27/h1-21H. The number of aromatic nitrogens is 3. The van der Waals surface area contributed by atoms with Crippen LogP contribution in [0, 0.1) is 0 Å². The maximum Gasteiger partial charge on any atom is 0.235 e. The summed E-state index contributed by atoms with van der Waals surface area (Å²) < 4.78 is 13.6. The summed E-state index contributed by atoms with van der Waals surface area (Å²) in [7, 11) is 0. The van der Waals surface area contributed by atoms with Crippen molar-refractivity contribution in [1.82, 2.24) is 14.5 Å². The summed E-state index contributed by atoms with van der Waals surface area (Å²) in [5.41, 5.74) is 6.74. The molecule has 6 aromatic carbocycles. The van der Waals surface area contributed by atoms with Crippen molar-refractivity contribution in [1.29, 1.82) is 0 Å². The van der Waals surface area contributed by atoms with Gasteiger partial charge in [-0.2, -0.15) is 0 Å². The second-order valence-corrected chi connectivity index (χ2v) is 13.8. The molecule has 46 heavy (non-hydrogen) atoms. The van der Waals surface area contributed by atoms with Gasteiger partial charge in [-0.05, 0) is 42.5 Å². The molecule has 0 amide bonds. The number of furan rings is 1. The number of nitrogens with zero attached hydrogens (tertiary/aromatic N) is 3. The number of para-hydroxylation sites is 3. The molecule has 6 heteroatoms. The Morgan fingerprint density at radius 3 is 2.11 bits per heavy atom. The molecular formula is C40H21N3OS2. The molecule has 5 heterocycles. The molecule has 11 rings (SSSR count). The third kappa shape index (κ3) is 3.22. The average Bonchev–Trinajstić information content (AvgIpc) is 3.86. The lowest BCUT2D eigenvalue weighted by Gasteiger charge is -2.10. The molecule has 0 bridgehead atoms. The third-order valence-corrected chi connectivity index (χ3v) is 11.5. The summed E-state index contributed by atoms with van der Waals surface area (Å²) in [6.07, 6.45) is 0. The molecule has 214 valence electrons. The molecule has 0 N–H and O–H groups in total. The molecule has 0 atom stereocenters. The van der Waals surface area contributed by atoms with Crippen LogP contribution in [0.15, 0.2) is 132 Å². The molecule has 0 spiro atoms. The average molecular weight is 624 g/mol. The first-order chi connectivity index (χ1) is 22.8. The van der Waals surface area contributed by atoms with E-state index in [0.29, 0.717) is 5.95 Å². The van der Waals surface area contributed by atoms with Crippen LogP contribution in [-0.4, -0.2) is 14.5 Å². The van der Waals surface area contributed by atoms with Crippen LogP contribution in [0.25, 0.3) is 101 Å². The molecule has 0 fully saturated rings. The van der Waals surface area contributed by atoms with Gasteiger partial charge in [0, 0.05) is 57.4 Å². The van der Waals surface area contributed by atoms with Gasteiger partial charge in [0.2, 0.25) is 5.95 Å². The minimum absolute atomic E-state index is 0.657. The molecule has 4 nitrogen and oxygen atoms in total. The van der Waals surface area contributed by atoms with Gasteiger partial charge in [0.25, 0.3) is 0 Å². The van der Waals surface area contributed by atoms with E-state index in [1.165, 1.54) is 35.6 Å². The van der Waals surface area contributed by atoms with Crippen LogP contribution < -0.4 is 0 Å². The number of rotatable bonds is 2. The van der Waals surface area contributed by atoms with Gasteiger partial charge in [-0.3, -0.25) is 4.57 Å². The van der Waals surface area contributed by atoms with Crippen molar-refractivity contribution in [3.8, 4) is 17.2 Å². The van der Waals surface area contributed by atoms with Crippen LogP contribution in [0.1, 0.15) is 0 Å². The summed E-state index contributed by atoms with van der Waals surface area (Å²) in [5, 5.41) is 8.35. The zero-order chi connectivity index (χ0) is 29.9. The highest BCUT2D eigenvalue weighted by atomic mass is 32.1. The Labute approximate surface area is 269 Å². The van der Waals surface area contributed by atoms with Gasteiger partial charge in [0.05, 0.1) is 26.9 Å². The van der Waals surface area contributed by atoms with Crippen molar-refractivity contribution >= 4 is 107 Å². The van der Waals surface area contributed by atoms with E-state index in [0.717, 1.165) is 59.8 Å². The number of thiophene rings is 2. The fraction of sp³-hybridized carbons (Fsp3) is 0. The van der Waals surface area contributed by atoms with Crippen LogP contribution in [0.4, 0.5) is 0 Å². The first kappa shape index (κ1) is 24.7. The van der Waals surface area contributed by atoms with Gasteiger partial charge in [0.15, 0.2) is 0 Å². The minimum atomic E-state index is 0.657. The maximum absolute atomic E-state index is 6.55. The van der Waals surface area contributed by atoms with Crippen molar-refractivity contribution in [2.75, 3.05) is 0 Å². The van der Waals surface area contributed by atoms with Gasteiger partial charge in [-0.15, -0.1) is 22.7 Å². The number of hydrogen-bond acceptors (Lipinski definition) is 5. The highest BCUT2D eigenvalue weighted by molar-refractivity contribution is 7.26. The van der Waals surface area contributed by atoms with Crippen LogP contribution in [0.2, 0.25) is 0 Å². The minimum Gasteiger partial charge on any atom is -0.455 e. The van der Waals surface area contributed by atoms with Crippen molar-refractivity contribution in [3.63, 3.8) is 0 Å². The maximum atomic E-state index is 6.55. The highest BCUT2D eigenvalue weighted by Crippen LogP contribution is 2.45. The van der Waals surface area contributed by atoms with E-state index < -0.39 is 0 Å². The fourth-order valence-electron chi connectivity index (χ4n) is 7.29. The quantitative estimate of drug-likeness (QED) is 0.192. The van der Waals surface area contributed by atoms with Crippen molar-refractivity contribution < 1.29 is 4.42 Å². The zero-order valence-corrected chi connectivity index (χ0v) is 25.8. The van der Waals surface area contributed by atoms with Crippen molar-refractivity contribution in [2.45, 2.75) is 0 Å². The van der Waals surface area contributed by atoms with E-state index in [4.69, 9.17) is 14.4 Å². The second kappa shape index (κ2) is 9.01. The van der Waals surface area contributed by atoms with Gasteiger partial charge < -0.3 is 4.42 Å². The fourth-order valence-corrected chi connectivity index (χ4v) is 9.54. The summed E-state index contributed by atoms with van der Waals surface area (Å²) in [4.78, 5) is 10.8. The monoisotopic (exact) mass is 623 g/mol. The van der Waals surface area contributed by atoms with E-state index in [1.54, 1.807) is 11.3 Å². The Hall–Kier alpha value is -5.56. The first-order valence-electron chi connectivity index (χ1n) is 15.3. The normalized spacial score (nSPS) is 12.3. The lowest BCUT2D eigenvalue weighted by molar-refractivity contribution is 0.670. The molecule has 11 aromatic rings. The predicted molar refractivity (Wildman–Crippen MR) is 195 cm³/mol. The van der Waals surface area contributed by atoms with E-state index in [1.807, 2.05) is 23.5 Å². The number of benzene rings is 6.